The first-order chi connectivity index (χ1) is 13.2. The normalized spacial score (nSPS) is 11.6. The maximum atomic E-state index is 12.8. The third-order valence-corrected chi connectivity index (χ3v) is 5.39. The Kier molecular flexibility index (Phi) is 8.43. The summed E-state index contributed by atoms with van der Waals surface area (Å²) in [6.45, 7) is 1.47. The van der Waals surface area contributed by atoms with E-state index in [1.54, 1.807) is 43.3 Å². The SMILES string of the molecule is CNC(=O)[C@@H](C)N(Cc1ccc(Cl)cc1Cl)C(=O)COc1ccc(Br)cc1Cl. The van der Waals surface area contributed by atoms with Gasteiger partial charge < -0.3 is 15.0 Å². The van der Waals surface area contributed by atoms with Gasteiger partial charge in [-0.25, -0.2) is 0 Å². The van der Waals surface area contributed by atoms with Crippen LogP contribution in [0.5, 0.6) is 5.75 Å². The highest BCUT2D eigenvalue weighted by Crippen LogP contribution is 2.28. The molecule has 2 aromatic rings. The van der Waals surface area contributed by atoms with E-state index < -0.39 is 6.04 Å². The second-order valence-electron chi connectivity index (χ2n) is 5.91. The Morgan fingerprint density at radius 2 is 1.86 bits per heavy atom. The fourth-order valence-electron chi connectivity index (χ4n) is 2.44. The summed E-state index contributed by atoms with van der Waals surface area (Å²) in [5.74, 6) is -0.323. The van der Waals surface area contributed by atoms with Crippen LogP contribution in [0.1, 0.15) is 12.5 Å². The summed E-state index contributed by atoms with van der Waals surface area (Å²) in [7, 11) is 1.51. The van der Waals surface area contributed by atoms with Gasteiger partial charge in [0.05, 0.1) is 5.02 Å². The van der Waals surface area contributed by atoms with E-state index in [9.17, 15) is 9.59 Å². The van der Waals surface area contributed by atoms with E-state index >= 15 is 0 Å². The van der Waals surface area contributed by atoms with E-state index in [1.165, 1.54) is 11.9 Å². The quantitative estimate of drug-likeness (QED) is 0.576. The number of likely N-dealkylation sites (N-methyl/N-ethyl adjacent to an activating group) is 1. The van der Waals surface area contributed by atoms with Crippen LogP contribution in [0.4, 0.5) is 0 Å². The summed E-state index contributed by atoms with van der Waals surface area (Å²) in [5.41, 5.74) is 0.664. The third-order valence-electron chi connectivity index (χ3n) is 4.01. The third kappa shape index (κ3) is 6.01. The molecule has 0 aliphatic rings. The van der Waals surface area contributed by atoms with Crippen LogP contribution in [0.15, 0.2) is 40.9 Å². The van der Waals surface area contributed by atoms with E-state index in [-0.39, 0.29) is 25.0 Å². The summed E-state index contributed by atoms with van der Waals surface area (Å²) >= 11 is 21.6. The zero-order chi connectivity index (χ0) is 20.8. The first-order valence-electron chi connectivity index (χ1n) is 8.25. The molecule has 5 nitrogen and oxygen atoms in total. The first kappa shape index (κ1) is 22.8. The van der Waals surface area contributed by atoms with Crippen LogP contribution in [-0.2, 0) is 16.1 Å². The molecule has 1 N–H and O–H groups in total. The van der Waals surface area contributed by atoms with Crippen LogP contribution in [-0.4, -0.2) is 36.4 Å². The molecule has 0 aromatic heterocycles. The molecule has 0 unspecified atom stereocenters. The molecule has 0 aliphatic heterocycles. The van der Waals surface area contributed by atoms with Crippen molar-refractivity contribution >= 4 is 62.5 Å². The summed E-state index contributed by atoms with van der Waals surface area (Å²) in [6, 6.07) is 9.33. The summed E-state index contributed by atoms with van der Waals surface area (Å²) in [6.07, 6.45) is 0. The Morgan fingerprint density at radius 1 is 1.14 bits per heavy atom. The molecule has 9 heteroatoms. The fraction of sp³-hybridized carbons (Fsp3) is 0.263. The van der Waals surface area contributed by atoms with Crippen molar-refractivity contribution in [2.45, 2.75) is 19.5 Å². The average molecular weight is 509 g/mol. The Morgan fingerprint density at radius 3 is 2.46 bits per heavy atom. The van der Waals surface area contributed by atoms with Gasteiger partial charge in [-0.3, -0.25) is 9.59 Å². The number of halogens is 4. The van der Waals surface area contributed by atoms with E-state index in [0.29, 0.717) is 26.4 Å². The van der Waals surface area contributed by atoms with Gasteiger partial charge in [-0.2, -0.15) is 0 Å². The van der Waals surface area contributed by atoms with Crippen molar-refractivity contribution < 1.29 is 14.3 Å². The van der Waals surface area contributed by atoms with Gasteiger partial charge >= 0.3 is 0 Å². The Balaban J connectivity index is 2.19. The number of benzene rings is 2. The molecule has 2 aromatic carbocycles. The van der Waals surface area contributed by atoms with Crippen molar-refractivity contribution in [3.8, 4) is 5.75 Å². The zero-order valence-electron chi connectivity index (χ0n) is 15.1. The molecule has 1 atom stereocenters. The predicted octanol–water partition coefficient (Wildman–Crippen LogP) is 4.95. The van der Waals surface area contributed by atoms with E-state index in [2.05, 4.69) is 21.2 Å². The lowest BCUT2D eigenvalue weighted by Crippen LogP contribution is -2.48. The van der Waals surface area contributed by atoms with Crippen molar-refractivity contribution in [2.24, 2.45) is 0 Å². The molecule has 0 spiro atoms. The number of nitrogens with zero attached hydrogens (tertiary/aromatic N) is 1. The highest BCUT2D eigenvalue weighted by molar-refractivity contribution is 9.10. The number of hydrogen-bond acceptors (Lipinski definition) is 3. The molecule has 2 rings (SSSR count). The standard InChI is InChI=1S/C19H18BrCl3N2O3/c1-11(19(27)24-2)25(9-12-3-5-14(21)8-15(12)22)18(26)10-28-17-6-4-13(20)7-16(17)23/h3-8,11H,9-10H2,1-2H3,(H,24,27)/t11-/m1/s1. The molecule has 0 saturated heterocycles. The van der Waals surface area contributed by atoms with Crippen LogP contribution in [0.2, 0.25) is 15.1 Å². The number of hydrogen-bond donors (Lipinski definition) is 1. The van der Waals surface area contributed by atoms with Gasteiger partial charge in [-0.05, 0) is 42.8 Å². The lowest BCUT2D eigenvalue weighted by Gasteiger charge is -2.28. The van der Waals surface area contributed by atoms with Gasteiger partial charge in [0, 0.05) is 28.1 Å². The second kappa shape index (κ2) is 10.3. The number of nitrogens with one attached hydrogen (secondary N) is 1. The number of rotatable bonds is 7. The highest BCUT2D eigenvalue weighted by atomic mass is 79.9. The minimum absolute atomic E-state index is 0.126. The Hall–Kier alpha value is -1.47. The summed E-state index contributed by atoms with van der Waals surface area (Å²) in [5, 5.41) is 3.81. The van der Waals surface area contributed by atoms with Crippen molar-refractivity contribution in [1.82, 2.24) is 10.2 Å². The van der Waals surface area contributed by atoms with Crippen molar-refractivity contribution in [2.75, 3.05) is 13.7 Å². The van der Waals surface area contributed by atoms with Crippen LogP contribution < -0.4 is 10.1 Å². The number of carbonyl (C=O) groups is 2. The van der Waals surface area contributed by atoms with Gasteiger partial charge in [0.2, 0.25) is 5.91 Å². The molecule has 28 heavy (non-hydrogen) atoms. The molecule has 0 saturated carbocycles. The van der Waals surface area contributed by atoms with Crippen molar-refractivity contribution in [3.05, 3.63) is 61.5 Å². The van der Waals surface area contributed by atoms with Crippen molar-refractivity contribution in [3.63, 3.8) is 0 Å². The highest BCUT2D eigenvalue weighted by Gasteiger charge is 2.26. The monoisotopic (exact) mass is 506 g/mol. The maximum absolute atomic E-state index is 12.8. The molecule has 150 valence electrons. The topological polar surface area (TPSA) is 58.6 Å². The molecule has 0 heterocycles. The van der Waals surface area contributed by atoms with Crippen LogP contribution in [0, 0.1) is 0 Å². The molecule has 0 fully saturated rings. The van der Waals surface area contributed by atoms with Gasteiger partial charge in [-0.15, -0.1) is 0 Å². The van der Waals surface area contributed by atoms with Crippen LogP contribution in [0.3, 0.4) is 0 Å². The molecular formula is C19H18BrCl3N2O3. The summed E-state index contributed by atoms with van der Waals surface area (Å²) in [4.78, 5) is 26.4. The predicted molar refractivity (Wildman–Crippen MR) is 115 cm³/mol. The van der Waals surface area contributed by atoms with E-state index in [0.717, 1.165) is 4.47 Å². The second-order valence-corrected chi connectivity index (χ2v) is 8.08. The van der Waals surface area contributed by atoms with Gasteiger partial charge in [0.25, 0.3) is 5.91 Å². The average Bonchev–Trinajstić information content (AvgIpc) is 2.65. The Labute approximate surface area is 187 Å². The smallest absolute Gasteiger partial charge is 0.261 e. The maximum Gasteiger partial charge on any atom is 0.261 e. The summed E-state index contributed by atoms with van der Waals surface area (Å²) < 4.78 is 6.35. The van der Waals surface area contributed by atoms with Crippen molar-refractivity contribution in [1.29, 1.82) is 0 Å². The first-order valence-corrected chi connectivity index (χ1v) is 10.2. The minimum atomic E-state index is -0.728. The lowest BCUT2D eigenvalue weighted by atomic mass is 10.1. The van der Waals surface area contributed by atoms with Gasteiger partial charge in [0.1, 0.15) is 11.8 Å². The number of amides is 2. The van der Waals surface area contributed by atoms with Gasteiger partial charge in [-0.1, -0.05) is 56.8 Å². The molecule has 0 bridgehead atoms. The number of ether oxygens (including phenoxy) is 1. The number of carbonyl (C=O) groups excluding carboxylic acids is 2. The van der Waals surface area contributed by atoms with Gasteiger partial charge in [0.15, 0.2) is 6.61 Å². The van der Waals surface area contributed by atoms with Crippen LogP contribution in [0.25, 0.3) is 0 Å². The molecule has 0 radical (unpaired) electrons. The minimum Gasteiger partial charge on any atom is -0.482 e. The largest absolute Gasteiger partial charge is 0.482 e. The molecule has 0 aliphatic carbocycles. The van der Waals surface area contributed by atoms with Crippen LogP contribution >= 0.6 is 50.7 Å². The fourth-order valence-corrected chi connectivity index (χ4v) is 3.64. The van der Waals surface area contributed by atoms with E-state index in [1.807, 2.05) is 0 Å². The molecule has 2 amide bonds. The lowest BCUT2D eigenvalue weighted by molar-refractivity contribution is -0.142. The zero-order valence-corrected chi connectivity index (χ0v) is 19.0. The molecular weight excluding hydrogens is 490 g/mol. The van der Waals surface area contributed by atoms with E-state index in [4.69, 9.17) is 39.5 Å². The Bertz CT molecular complexity index is 879.